The van der Waals surface area contributed by atoms with Crippen molar-refractivity contribution in [3.8, 4) is 5.69 Å². The van der Waals surface area contributed by atoms with Crippen molar-refractivity contribution in [1.29, 1.82) is 0 Å². The highest BCUT2D eigenvalue weighted by molar-refractivity contribution is 5.91. The van der Waals surface area contributed by atoms with Crippen molar-refractivity contribution in [3.05, 3.63) is 77.5 Å². The van der Waals surface area contributed by atoms with Gasteiger partial charge in [-0.15, -0.1) is 0 Å². The summed E-state index contributed by atoms with van der Waals surface area (Å²) in [5, 5.41) is 7.51. The van der Waals surface area contributed by atoms with Gasteiger partial charge >= 0.3 is 0 Å². The van der Waals surface area contributed by atoms with E-state index in [2.05, 4.69) is 20.3 Å². The molecule has 1 amide bonds. The Balaban J connectivity index is 1.31. The summed E-state index contributed by atoms with van der Waals surface area (Å²) in [5.41, 5.74) is 2.85. The predicted molar refractivity (Wildman–Crippen MR) is 120 cm³/mol. The first-order valence-corrected chi connectivity index (χ1v) is 10.3. The molecule has 4 aromatic rings. The lowest BCUT2D eigenvalue weighted by molar-refractivity contribution is -0.116. The van der Waals surface area contributed by atoms with Gasteiger partial charge in [-0.1, -0.05) is 18.2 Å². The molecule has 1 fully saturated rings. The summed E-state index contributed by atoms with van der Waals surface area (Å²) < 4.78 is 2.91. The Labute approximate surface area is 178 Å². The molecule has 0 spiro atoms. The normalized spacial score (nSPS) is 13.6. The minimum absolute atomic E-state index is 0.119. The average molecular weight is 414 g/mol. The summed E-state index contributed by atoms with van der Waals surface area (Å²) in [6.45, 7) is 2.03. The maximum absolute atomic E-state index is 12.8. The third kappa shape index (κ3) is 3.79. The van der Waals surface area contributed by atoms with E-state index in [1.807, 2.05) is 54.6 Å². The summed E-state index contributed by atoms with van der Waals surface area (Å²) >= 11 is 0. The van der Waals surface area contributed by atoms with Crippen LogP contribution in [0, 0.1) is 0 Å². The lowest BCUT2D eigenvalue weighted by Crippen LogP contribution is -2.27. The number of nitrogens with zero attached hydrogens (tertiary/aromatic N) is 5. The summed E-state index contributed by atoms with van der Waals surface area (Å²) in [6, 6.07) is 17.3. The Morgan fingerprint density at radius 1 is 0.968 bits per heavy atom. The number of benzene rings is 2. The van der Waals surface area contributed by atoms with Gasteiger partial charge in [-0.25, -0.2) is 9.67 Å². The SMILES string of the molecule is O=C(Cn1cnc2c(cnn2-c2ccccc2)c1=O)Nc1ccc(N2CCCC2)cc1. The zero-order chi connectivity index (χ0) is 21.2. The molecule has 5 rings (SSSR count). The van der Waals surface area contributed by atoms with Crippen LogP contribution in [-0.4, -0.2) is 38.3 Å². The molecule has 0 unspecified atom stereocenters. The lowest BCUT2D eigenvalue weighted by Gasteiger charge is -2.17. The molecule has 1 aliphatic rings. The van der Waals surface area contributed by atoms with Crippen molar-refractivity contribution in [1.82, 2.24) is 19.3 Å². The predicted octanol–water partition coefficient (Wildman–Crippen LogP) is 2.82. The monoisotopic (exact) mass is 414 g/mol. The number of rotatable bonds is 5. The van der Waals surface area contributed by atoms with Crippen molar-refractivity contribution in [2.75, 3.05) is 23.3 Å². The van der Waals surface area contributed by atoms with Crippen LogP contribution in [0.5, 0.6) is 0 Å². The lowest BCUT2D eigenvalue weighted by atomic mass is 10.2. The highest BCUT2D eigenvalue weighted by atomic mass is 16.2. The molecule has 1 saturated heterocycles. The van der Waals surface area contributed by atoms with Crippen molar-refractivity contribution in [3.63, 3.8) is 0 Å². The average Bonchev–Trinajstić information content (AvgIpc) is 3.47. The van der Waals surface area contributed by atoms with Crippen LogP contribution in [0.4, 0.5) is 11.4 Å². The molecule has 2 aromatic heterocycles. The van der Waals surface area contributed by atoms with E-state index in [1.54, 1.807) is 4.68 Å². The Morgan fingerprint density at radius 2 is 1.71 bits per heavy atom. The maximum Gasteiger partial charge on any atom is 0.264 e. The van der Waals surface area contributed by atoms with Crippen molar-refractivity contribution in [2.24, 2.45) is 0 Å². The summed E-state index contributed by atoms with van der Waals surface area (Å²) in [7, 11) is 0. The number of fused-ring (bicyclic) bond motifs is 1. The van der Waals surface area contributed by atoms with E-state index in [9.17, 15) is 9.59 Å². The molecule has 0 atom stereocenters. The van der Waals surface area contributed by atoms with Crippen LogP contribution < -0.4 is 15.8 Å². The van der Waals surface area contributed by atoms with Crippen molar-refractivity contribution < 1.29 is 4.79 Å². The largest absolute Gasteiger partial charge is 0.372 e. The van der Waals surface area contributed by atoms with Gasteiger partial charge in [-0.3, -0.25) is 14.2 Å². The van der Waals surface area contributed by atoms with Crippen LogP contribution in [0.25, 0.3) is 16.7 Å². The van der Waals surface area contributed by atoms with E-state index >= 15 is 0 Å². The van der Waals surface area contributed by atoms with Gasteiger partial charge in [-0.05, 0) is 49.2 Å². The highest BCUT2D eigenvalue weighted by Gasteiger charge is 2.14. The van der Waals surface area contributed by atoms with Crippen LogP contribution in [0.2, 0.25) is 0 Å². The first-order valence-electron chi connectivity index (χ1n) is 10.3. The first-order chi connectivity index (χ1) is 15.2. The van der Waals surface area contributed by atoms with E-state index in [0.717, 1.165) is 24.5 Å². The minimum atomic E-state index is -0.299. The quantitative estimate of drug-likeness (QED) is 0.543. The summed E-state index contributed by atoms with van der Waals surface area (Å²) in [6.07, 6.45) is 5.32. The van der Waals surface area contributed by atoms with E-state index in [-0.39, 0.29) is 18.0 Å². The van der Waals surface area contributed by atoms with Gasteiger partial charge in [0.1, 0.15) is 18.3 Å². The molecule has 156 valence electrons. The molecule has 1 N–H and O–H groups in total. The van der Waals surface area contributed by atoms with Crippen LogP contribution in [-0.2, 0) is 11.3 Å². The third-order valence-electron chi connectivity index (χ3n) is 5.49. The number of nitrogens with one attached hydrogen (secondary N) is 1. The zero-order valence-electron chi connectivity index (χ0n) is 16.9. The first kappa shape index (κ1) is 19.0. The number of anilines is 2. The van der Waals surface area contributed by atoms with Gasteiger partial charge in [-0.2, -0.15) is 5.10 Å². The molecule has 2 aromatic carbocycles. The fourth-order valence-electron chi connectivity index (χ4n) is 3.91. The maximum atomic E-state index is 12.8. The molecule has 8 heteroatoms. The van der Waals surface area contributed by atoms with Gasteiger partial charge in [0.05, 0.1) is 11.9 Å². The number of hydrogen-bond donors (Lipinski definition) is 1. The fraction of sp³-hybridized carbons (Fsp3) is 0.217. The smallest absolute Gasteiger partial charge is 0.264 e. The Morgan fingerprint density at radius 3 is 2.45 bits per heavy atom. The molecular weight excluding hydrogens is 392 g/mol. The van der Waals surface area contributed by atoms with Crippen molar-refractivity contribution in [2.45, 2.75) is 19.4 Å². The molecule has 0 radical (unpaired) electrons. The molecule has 0 bridgehead atoms. The van der Waals surface area contributed by atoms with Gasteiger partial charge in [0.2, 0.25) is 5.91 Å². The highest BCUT2D eigenvalue weighted by Crippen LogP contribution is 2.22. The minimum Gasteiger partial charge on any atom is -0.372 e. The topological polar surface area (TPSA) is 85.0 Å². The van der Waals surface area contributed by atoms with E-state index in [0.29, 0.717) is 16.7 Å². The Bertz CT molecular complexity index is 1270. The Kier molecular flexibility index (Phi) is 4.95. The second-order valence-electron chi connectivity index (χ2n) is 7.60. The molecule has 0 aliphatic carbocycles. The van der Waals surface area contributed by atoms with Crippen LogP contribution in [0.15, 0.2) is 71.9 Å². The van der Waals surface area contributed by atoms with Crippen molar-refractivity contribution >= 4 is 28.3 Å². The summed E-state index contributed by atoms with van der Waals surface area (Å²) in [5.74, 6) is -0.285. The number of carbonyl (C=O) groups is 1. The number of hydrogen-bond acceptors (Lipinski definition) is 5. The fourth-order valence-corrected chi connectivity index (χ4v) is 3.91. The Hall–Kier alpha value is -3.94. The number of para-hydroxylation sites is 1. The number of aromatic nitrogens is 4. The molecule has 0 saturated carbocycles. The van der Waals surface area contributed by atoms with Crippen LogP contribution >= 0.6 is 0 Å². The number of carbonyl (C=O) groups excluding carboxylic acids is 1. The second-order valence-corrected chi connectivity index (χ2v) is 7.60. The van der Waals surface area contributed by atoms with Gasteiger partial charge in [0, 0.05) is 24.5 Å². The molecule has 31 heavy (non-hydrogen) atoms. The van der Waals surface area contributed by atoms with Crippen LogP contribution in [0.3, 0.4) is 0 Å². The molecule has 8 nitrogen and oxygen atoms in total. The standard InChI is InChI=1S/C23H22N6O2/c30-21(26-17-8-10-18(11-9-17)27-12-4-5-13-27)15-28-16-24-22-20(23(28)31)14-25-29(22)19-6-2-1-3-7-19/h1-3,6-11,14,16H,4-5,12-13,15H2,(H,26,30). The van der Waals surface area contributed by atoms with E-state index < -0.39 is 0 Å². The second kappa shape index (κ2) is 8.06. The van der Waals surface area contributed by atoms with Gasteiger partial charge in [0.15, 0.2) is 5.65 Å². The van der Waals surface area contributed by atoms with E-state index in [4.69, 9.17) is 0 Å². The van der Waals surface area contributed by atoms with Gasteiger partial charge < -0.3 is 10.2 Å². The molecule has 3 heterocycles. The molecular formula is C23H22N6O2. The van der Waals surface area contributed by atoms with Crippen LogP contribution in [0.1, 0.15) is 12.8 Å². The van der Waals surface area contributed by atoms with E-state index in [1.165, 1.54) is 29.9 Å². The third-order valence-corrected chi connectivity index (χ3v) is 5.49. The molecule has 1 aliphatic heterocycles. The number of amides is 1. The van der Waals surface area contributed by atoms with Gasteiger partial charge in [0.25, 0.3) is 5.56 Å². The zero-order valence-corrected chi connectivity index (χ0v) is 16.9. The summed E-state index contributed by atoms with van der Waals surface area (Å²) in [4.78, 5) is 32.1.